The van der Waals surface area contributed by atoms with E-state index in [0.29, 0.717) is 5.52 Å². The predicted molar refractivity (Wildman–Crippen MR) is 206 cm³/mol. The van der Waals surface area contributed by atoms with Crippen molar-refractivity contribution in [1.82, 2.24) is 25.8 Å². The van der Waals surface area contributed by atoms with Crippen molar-refractivity contribution >= 4 is 38.5 Å². The molecule has 4 N–H and O–H groups in total. The number of aliphatic hydroxyl groups excluding tert-OH is 1. The number of β-amino-alcohol motifs (C(OH)–C–C–N with tert-alkyl or cyclic N) is 1. The SMILES string of the molecule is CC(C)[C@H](NC(=O)c1ccc2ccccc2n1)C(=O)N[C@@H](Cc1ccccc1)[C@H](O)CN1CC[C@@H](S(=O)(=O)c2ccccc2)CC1C(=O)NC(C)(C)C. The first kappa shape index (κ1) is 39.6. The van der Waals surface area contributed by atoms with Crippen LogP contribution in [0.25, 0.3) is 10.9 Å². The molecule has 1 aliphatic rings. The van der Waals surface area contributed by atoms with E-state index < -0.39 is 56.7 Å². The number of hydrogen-bond donors (Lipinski definition) is 4. The van der Waals surface area contributed by atoms with Gasteiger partial charge >= 0.3 is 0 Å². The third-order valence-electron chi connectivity index (χ3n) is 9.56. The number of para-hydroxylation sites is 1. The summed E-state index contributed by atoms with van der Waals surface area (Å²) < 4.78 is 27.3. The molecule has 1 unspecified atom stereocenters. The molecule has 3 aromatic carbocycles. The van der Waals surface area contributed by atoms with E-state index in [1.807, 2.05) is 100 Å². The lowest BCUT2D eigenvalue weighted by molar-refractivity contribution is -0.130. The number of amides is 3. The van der Waals surface area contributed by atoms with Crippen LogP contribution < -0.4 is 16.0 Å². The highest BCUT2D eigenvalue weighted by Crippen LogP contribution is 2.29. The van der Waals surface area contributed by atoms with Gasteiger partial charge in [-0.2, -0.15) is 0 Å². The van der Waals surface area contributed by atoms with Gasteiger partial charge in [0, 0.05) is 24.0 Å². The monoisotopic (exact) mass is 741 g/mol. The number of sulfone groups is 1. The quantitative estimate of drug-likeness (QED) is 0.158. The van der Waals surface area contributed by atoms with Gasteiger partial charge in [0.25, 0.3) is 5.91 Å². The fraction of sp³-hybridized carbons (Fsp3) is 0.415. The van der Waals surface area contributed by atoms with Gasteiger partial charge < -0.3 is 21.1 Å². The summed E-state index contributed by atoms with van der Waals surface area (Å²) in [4.78, 5) is 47.6. The van der Waals surface area contributed by atoms with E-state index in [2.05, 4.69) is 20.9 Å². The zero-order valence-corrected chi connectivity index (χ0v) is 31.8. The van der Waals surface area contributed by atoms with Crippen molar-refractivity contribution in [2.24, 2.45) is 5.92 Å². The maximum absolute atomic E-state index is 14.0. The summed E-state index contributed by atoms with van der Waals surface area (Å²) in [6, 6.07) is 26.0. The normalized spacial score (nSPS) is 18.5. The van der Waals surface area contributed by atoms with E-state index >= 15 is 0 Å². The third-order valence-corrected chi connectivity index (χ3v) is 11.8. The molecule has 1 aromatic heterocycles. The van der Waals surface area contributed by atoms with Crippen molar-refractivity contribution in [3.63, 3.8) is 0 Å². The van der Waals surface area contributed by atoms with Crippen LogP contribution in [0.4, 0.5) is 0 Å². The van der Waals surface area contributed by atoms with Crippen molar-refractivity contribution in [1.29, 1.82) is 0 Å². The molecule has 1 aliphatic heterocycles. The minimum absolute atomic E-state index is 0.00215. The molecule has 4 aromatic rings. The summed E-state index contributed by atoms with van der Waals surface area (Å²) in [5.74, 6) is -1.59. The first-order valence-corrected chi connectivity index (χ1v) is 19.7. The third kappa shape index (κ3) is 10.3. The maximum atomic E-state index is 14.0. The Hall–Kier alpha value is -4.65. The molecule has 0 saturated carbocycles. The lowest BCUT2D eigenvalue weighted by Crippen LogP contribution is -2.60. The molecule has 53 heavy (non-hydrogen) atoms. The highest BCUT2D eigenvalue weighted by Gasteiger charge is 2.42. The summed E-state index contributed by atoms with van der Waals surface area (Å²) in [7, 11) is -3.72. The van der Waals surface area contributed by atoms with Crippen LogP contribution in [0.15, 0.2) is 102 Å². The van der Waals surface area contributed by atoms with Gasteiger partial charge in [-0.1, -0.05) is 86.6 Å². The van der Waals surface area contributed by atoms with Crippen LogP contribution in [0, 0.1) is 5.92 Å². The second kappa shape index (κ2) is 17.0. The van der Waals surface area contributed by atoms with Gasteiger partial charge in [0.2, 0.25) is 11.8 Å². The highest BCUT2D eigenvalue weighted by atomic mass is 32.2. The smallest absolute Gasteiger partial charge is 0.270 e. The molecule has 2 heterocycles. The van der Waals surface area contributed by atoms with Crippen LogP contribution in [0.3, 0.4) is 0 Å². The minimum Gasteiger partial charge on any atom is -0.390 e. The Labute approximate surface area is 312 Å². The Morgan fingerprint density at radius 3 is 2.19 bits per heavy atom. The fourth-order valence-corrected chi connectivity index (χ4v) is 8.52. The average Bonchev–Trinajstić information content (AvgIpc) is 3.13. The summed E-state index contributed by atoms with van der Waals surface area (Å²) in [5.41, 5.74) is 1.14. The van der Waals surface area contributed by atoms with Gasteiger partial charge in [-0.15, -0.1) is 0 Å². The van der Waals surface area contributed by atoms with E-state index in [1.54, 1.807) is 36.4 Å². The van der Waals surface area contributed by atoms with Crippen LogP contribution in [0.2, 0.25) is 0 Å². The number of nitrogens with one attached hydrogen (secondary N) is 3. The van der Waals surface area contributed by atoms with E-state index in [4.69, 9.17) is 0 Å². The first-order chi connectivity index (χ1) is 25.1. The number of hydrogen-bond acceptors (Lipinski definition) is 8. The second-order valence-corrected chi connectivity index (χ2v) is 17.4. The molecule has 5 rings (SSSR count). The largest absolute Gasteiger partial charge is 0.390 e. The molecule has 0 aliphatic carbocycles. The van der Waals surface area contributed by atoms with E-state index in [-0.39, 0.29) is 54.8 Å². The first-order valence-electron chi connectivity index (χ1n) is 18.2. The van der Waals surface area contributed by atoms with Gasteiger partial charge in [0.15, 0.2) is 9.84 Å². The number of carbonyl (C=O) groups is 3. The second-order valence-electron chi connectivity index (χ2n) is 15.2. The number of carbonyl (C=O) groups excluding carboxylic acids is 3. The van der Waals surface area contributed by atoms with Gasteiger partial charge in [0.1, 0.15) is 11.7 Å². The van der Waals surface area contributed by atoms with Crippen LogP contribution >= 0.6 is 0 Å². The van der Waals surface area contributed by atoms with Crippen molar-refractivity contribution in [3.05, 3.63) is 108 Å². The van der Waals surface area contributed by atoms with E-state index in [0.717, 1.165) is 10.9 Å². The molecule has 1 saturated heterocycles. The topological polar surface area (TPSA) is 158 Å². The van der Waals surface area contributed by atoms with E-state index in [9.17, 15) is 27.9 Å². The molecule has 0 spiro atoms. The highest BCUT2D eigenvalue weighted by molar-refractivity contribution is 7.92. The Morgan fingerprint density at radius 1 is 0.887 bits per heavy atom. The van der Waals surface area contributed by atoms with Crippen LogP contribution in [-0.2, 0) is 25.8 Å². The molecule has 1 fully saturated rings. The zero-order valence-electron chi connectivity index (χ0n) is 31.0. The lowest BCUT2D eigenvalue weighted by Gasteiger charge is -2.41. The Morgan fingerprint density at radius 2 is 1.53 bits per heavy atom. The summed E-state index contributed by atoms with van der Waals surface area (Å²) in [5, 5.41) is 20.8. The standard InChI is InChI=1S/C41H51N5O6S/c1-27(2)37(44-38(48)33-21-20-29-16-12-13-19-32(29)42-33)40(50)43-34(24-28-14-8-6-9-15-28)36(47)26-46-23-22-31(25-35(46)39(49)45-41(3,4)5)53(51,52)30-17-10-7-11-18-30/h6-21,27,31,34-37,47H,22-26H2,1-5H3,(H,43,50)(H,44,48)(H,45,49)/t31-,34+,35?,36-,37+/m1/s1. The van der Waals surface area contributed by atoms with Crippen LogP contribution in [-0.4, -0.2) is 89.2 Å². The molecular weight excluding hydrogens is 691 g/mol. The lowest BCUT2D eigenvalue weighted by atomic mass is 9.95. The van der Waals surface area contributed by atoms with E-state index in [1.165, 1.54) is 0 Å². The molecule has 0 bridgehead atoms. The number of rotatable bonds is 13. The number of aliphatic hydroxyl groups is 1. The summed E-state index contributed by atoms with van der Waals surface area (Å²) in [6.07, 6.45) is -0.567. The van der Waals surface area contributed by atoms with Crippen molar-refractivity contribution in [2.45, 2.75) is 93.8 Å². The summed E-state index contributed by atoms with van der Waals surface area (Å²) >= 11 is 0. The average molecular weight is 742 g/mol. The molecule has 3 amide bonds. The maximum Gasteiger partial charge on any atom is 0.270 e. The molecular formula is C41H51N5O6S. The number of pyridine rings is 1. The molecule has 12 heteroatoms. The van der Waals surface area contributed by atoms with Gasteiger partial charge in [-0.05, 0) is 75.8 Å². The number of benzene rings is 3. The van der Waals surface area contributed by atoms with Crippen LogP contribution in [0.5, 0.6) is 0 Å². The Kier molecular flexibility index (Phi) is 12.7. The van der Waals surface area contributed by atoms with Crippen LogP contribution in [0.1, 0.15) is 63.5 Å². The Balaban J connectivity index is 1.36. The molecule has 11 nitrogen and oxygen atoms in total. The van der Waals surface area contributed by atoms with Gasteiger partial charge in [-0.3, -0.25) is 19.3 Å². The fourth-order valence-electron chi connectivity index (χ4n) is 6.74. The number of fused-ring (bicyclic) bond motifs is 1. The minimum atomic E-state index is -3.72. The predicted octanol–water partition coefficient (Wildman–Crippen LogP) is 4.30. The van der Waals surface area contributed by atoms with Crippen molar-refractivity contribution in [3.8, 4) is 0 Å². The number of piperidine rings is 1. The molecule has 5 atom stereocenters. The van der Waals surface area contributed by atoms with Gasteiger partial charge in [0.05, 0.1) is 33.8 Å². The van der Waals surface area contributed by atoms with Gasteiger partial charge in [-0.25, -0.2) is 13.4 Å². The van der Waals surface area contributed by atoms with Crippen molar-refractivity contribution in [2.75, 3.05) is 13.1 Å². The van der Waals surface area contributed by atoms with Crippen molar-refractivity contribution < 1.29 is 27.9 Å². The zero-order chi connectivity index (χ0) is 38.3. The number of likely N-dealkylation sites (tertiary alicyclic amines) is 1. The molecule has 0 radical (unpaired) electrons. The Bertz CT molecular complexity index is 1980. The summed E-state index contributed by atoms with van der Waals surface area (Å²) in [6.45, 7) is 9.47. The number of nitrogens with zero attached hydrogens (tertiary/aromatic N) is 2. The molecule has 282 valence electrons. The number of aromatic nitrogens is 1.